The molecule has 27 heavy (non-hydrogen) atoms. The molecule has 0 unspecified atom stereocenters. The monoisotopic (exact) mass is 376 g/mol. The van der Waals surface area contributed by atoms with Gasteiger partial charge in [-0.25, -0.2) is 0 Å². The number of esters is 2. The van der Waals surface area contributed by atoms with Gasteiger partial charge in [0.2, 0.25) is 0 Å². The molecule has 0 heterocycles. The molecule has 4 nitrogen and oxygen atoms in total. The van der Waals surface area contributed by atoms with Gasteiger partial charge in [0.25, 0.3) is 0 Å². The summed E-state index contributed by atoms with van der Waals surface area (Å²) in [6.45, 7) is 10.3. The Labute approximate surface area is 164 Å². The van der Waals surface area contributed by atoms with Gasteiger partial charge in [0.1, 0.15) is 6.10 Å². The lowest BCUT2D eigenvalue weighted by atomic mass is 9.45. The van der Waals surface area contributed by atoms with E-state index in [4.69, 9.17) is 9.47 Å². The third kappa shape index (κ3) is 3.23. The Kier molecular flexibility index (Phi) is 5.24. The standard InChI is InChI=1S/C23H36O4/c1-15(27-16(2)24)21(3)13-10-18-17(14-21)8-9-19-22(18,4)11-7-12-23(19,5)20(25)26-6/h14-15,18-19H,7-13H2,1-6H3/t15-,18-,19+,21+,22+,23+/m0/s1. The summed E-state index contributed by atoms with van der Waals surface area (Å²) < 4.78 is 10.8. The van der Waals surface area contributed by atoms with Gasteiger partial charge in [-0.1, -0.05) is 31.9 Å². The highest BCUT2D eigenvalue weighted by Gasteiger charge is 2.59. The van der Waals surface area contributed by atoms with Crippen molar-refractivity contribution in [3.8, 4) is 0 Å². The van der Waals surface area contributed by atoms with Gasteiger partial charge in [0.15, 0.2) is 0 Å². The molecule has 0 saturated heterocycles. The topological polar surface area (TPSA) is 52.6 Å². The van der Waals surface area contributed by atoms with Crippen molar-refractivity contribution in [2.75, 3.05) is 7.11 Å². The van der Waals surface area contributed by atoms with E-state index in [0.29, 0.717) is 11.8 Å². The van der Waals surface area contributed by atoms with Crippen LogP contribution in [0.1, 0.15) is 79.6 Å². The molecule has 0 amide bonds. The summed E-state index contributed by atoms with van der Waals surface area (Å²) in [6.07, 6.45) is 9.73. The minimum atomic E-state index is -0.362. The lowest BCUT2D eigenvalue weighted by Gasteiger charge is -2.59. The van der Waals surface area contributed by atoms with Crippen LogP contribution in [0.2, 0.25) is 0 Å². The number of methoxy groups -OCH3 is 1. The molecule has 0 aliphatic heterocycles. The highest BCUT2D eigenvalue weighted by molar-refractivity contribution is 5.77. The van der Waals surface area contributed by atoms with Crippen LogP contribution < -0.4 is 0 Å². The molecule has 0 radical (unpaired) electrons. The summed E-state index contributed by atoms with van der Waals surface area (Å²) in [5.41, 5.74) is 1.22. The Morgan fingerprint density at radius 3 is 2.48 bits per heavy atom. The molecular weight excluding hydrogens is 340 g/mol. The van der Waals surface area contributed by atoms with Crippen molar-refractivity contribution in [2.24, 2.45) is 28.1 Å². The second-order valence-electron chi connectivity index (χ2n) is 9.93. The van der Waals surface area contributed by atoms with Crippen molar-refractivity contribution in [1.29, 1.82) is 0 Å². The van der Waals surface area contributed by atoms with Gasteiger partial charge in [-0.05, 0) is 69.6 Å². The number of hydrogen-bond donors (Lipinski definition) is 0. The molecule has 0 aromatic heterocycles. The molecule has 3 aliphatic rings. The zero-order chi connectivity index (χ0) is 20.0. The Bertz CT molecular complexity index is 653. The Morgan fingerprint density at radius 1 is 1.15 bits per heavy atom. The first-order chi connectivity index (χ1) is 12.6. The SMILES string of the molecule is COC(=O)[C@]1(C)CCC[C@@]2(C)[C@H]1CCC1=C[C@](C)([C@H](C)OC(C)=O)CC[C@@H]12. The molecule has 152 valence electrons. The van der Waals surface area contributed by atoms with Crippen LogP contribution >= 0.6 is 0 Å². The number of rotatable bonds is 3. The molecule has 2 saturated carbocycles. The quantitative estimate of drug-likeness (QED) is 0.510. The molecule has 0 aromatic carbocycles. The van der Waals surface area contributed by atoms with Crippen molar-refractivity contribution >= 4 is 11.9 Å². The van der Waals surface area contributed by atoms with E-state index in [-0.39, 0.29) is 34.3 Å². The largest absolute Gasteiger partial charge is 0.469 e. The molecule has 4 heteroatoms. The lowest BCUT2D eigenvalue weighted by Crippen LogP contribution is -2.54. The van der Waals surface area contributed by atoms with Crippen molar-refractivity contribution in [2.45, 2.75) is 85.7 Å². The minimum Gasteiger partial charge on any atom is -0.469 e. The Balaban J connectivity index is 1.91. The van der Waals surface area contributed by atoms with E-state index >= 15 is 0 Å². The number of allylic oxidation sites excluding steroid dienone is 1. The number of carbonyl (C=O) groups excluding carboxylic acids is 2. The number of ether oxygens (including phenoxy) is 2. The summed E-state index contributed by atoms with van der Waals surface area (Å²) >= 11 is 0. The van der Waals surface area contributed by atoms with Crippen LogP contribution in [-0.4, -0.2) is 25.2 Å². The maximum absolute atomic E-state index is 12.7. The first-order valence-corrected chi connectivity index (χ1v) is 10.5. The molecule has 0 aromatic rings. The van der Waals surface area contributed by atoms with Crippen molar-refractivity contribution in [3.63, 3.8) is 0 Å². The van der Waals surface area contributed by atoms with Crippen LogP contribution in [0.25, 0.3) is 0 Å². The molecule has 0 spiro atoms. The first kappa shape index (κ1) is 20.4. The van der Waals surface area contributed by atoms with Crippen molar-refractivity contribution in [1.82, 2.24) is 0 Å². The fourth-order valence-electron chi connectivity index (χ4n) is 6.71. The normalized spacial score (nSPS) is 42.2. The fraction of sp³-hybridized carbons (Fsp3) is 0.826. The first-order valence-electron chi connectivity index (χ1n) is 10.5. The van der Waals surface area contributed by atoms with Crippen LogP contribution in [0, 0.1) is 28.1 Å². The predicted molar refractivity (Wildman–Crippen MR) is 105 cm³/mol. The van der Waals surface area contributed by atoms with E-state index in [0.717, 1.165) is 38.5 Å². The van der Waals surface area contributed by atoms with Crippen molar-refractivity contribution < 1.29 is 19.1 Å². The van der Waals surface area contributed by atoms with Crippen LogP contribution in [0.5, 0.6) is 0 Å². The van der Waals surface area contributed by atoms with E-state index in [1.54, 1.807) is 0 Å². The summed E-state index contributed by atoms with van der Waals surface area (Å²) in [5, 5.41) is 0. The summed E-state index contributed by atoms with van der Waals surface area (Å²) in [7, 11) is 1.52. The van der Waals surface area contributed by atoms with Gasteiger partial charge in [-0.2, -0.15) is 0 Å². The number of fused-ring (bicyclic) bond motifs is 3. The summed E-state index contributed by atoms with van der Waals surface area (Å²) in [6, 6.07) is 0. The number of carbonyl (C=O) groups is 2. The summed E-state index contributed by atoms with van der Waals surface area (Å²) in [5.74, 6) is 0.665. The highest BCUT2D eigenvalue weighted by atomic mass is 16.5. The summed E-state index contributed by atoms with van der Waals surface area (Å²) in [4.78, 5) is 24.1. The third-order valence-electron chi connectivity index (χ3n) is 8.35. The maximum atomic E-state index is 12.7. The van der Waals surface area contributed by atoms with Gasteiger partial charge < -0.3 is 9.47 Å². The van der Waals surface area contributed by atoms with E-state index in [1.807, 2.05) is 6.92 Å². The number of hydrogen-bond acceptors (Lipinski definition) is 4. The van der Waals surface area contributed by atoms with Gasteiger partial charge in [0.05, 0.1) is 12.5 Å². The van der Waals surface area contributed by atoms with Gasteiger partial charge >= 0.3 is 11.9 Å². The van der Waals surface area contributed by atoms with E-state index in [1.165, 1.54) is 26.0 Å². The van der Waals surface area contributed by atoms with E-state index in [9.17, 15) is 9.59 Å². The van der Waals surface area contributed by atoms with Crippen LogP contribution in [0.15, 0.2) is 11.6 Å². The minimum absolute atomic E-state index is 0.0324. The van der Waals surface area contributed by atoms with Crippen LogP contribution in [0.3, 0.4) is 0 Å². The van der Waals surface area contributed by atoms with Crippen LogP contribution in [0.4, 0.5) is 0 Å². The molecule has 6 atom stereocenters. The highest BCUT2D eigenvalue weighted by Crippen LogP contribution is 2.64. The maximum Gasteiger partial charge on any atom is 0.311 e. The van der Waals surface area contributed by atoms with E-state index in [2.05, 4.69) is 26.8 Å². The average molecular weight is 377 g/mol. The molecular formula is C23H36O4. The molecule has 0 N–H and O–H groups in total. The van der Waals surface area contributed by atoms with E-state index < -0.39 is 0 Å². The fourth-order valence-corrected chi connectivity index (χ4v) is 6.71. The van der Waals surface area contributed by atoms with Crippen molar-refractivity contribution in [3.05, 3.63) is 11.6 Å². The second kappa shape index (κ2) is 6.93. The average Bonchev–Trinajstić information content (AvgIpc) is 2.59. The molecule has 3 aliphatic carbocycles. The lowest BCUT2D eigenvalue weighted by molar-refractivity contribution is -0.168. The van der Waals surface area contributed by atoms with Gasteiger partial charge in [-0.3, -0.25) is 9.59 Å². The Morgan fingerprint density at radius 2 is 1.85 bits per heavy atom. The zero-order valence-corrected chi connectivity index (χ0v) is 17.9. The van der Waals surface area contributed by atoms with Gasteiger partial charge in [0, 0.05) is 12.3 Å². The predicted octanol–water partition coefficient (Wildman–Crippen LogP) is 5.06. The smallest absolute Gasteiger partial charge is 0.311 e. The second-order valence-corrected chi connectivity index (χ2v) is 9.93. The molecule has 0 bridgehead atoms. The van der Waals surface area contributed by atoms with Gasteiger partial charge in [-0.15, -0.1) is 0 Å². The van der Waals surface area contributed by atoms with Crippen LogP contribution in [-0.2, 0) is 19.1 Å². The third-order valence-corrected chi connectivity index (χ3v) is 8.35. The molecule has 3 rings (SSSR count). The molecule has 2 fully saturated rings. The zero-order valence-electron chi connectivity index (χ0n) is 17.9. The Hall–Kier alpha value is -1.32.